The fourth-order valence-corrected chi connectivity index (χ4v) is 4.96. The zero-order valence-corrected chi connectivity index (χ0v) is 19.5. The summed E-state index contributed by atoms with van der Waals surface area (Å²) in [4.78, 5) is 18.6. The maximum Gasteiger partial charge on any atom is 0.416 e. The molecule has 1 aromatic carbocycles. The lowest BCUT2D eigenvalue weighted by Crippen LogP contribution is -2.47. The van der Waals surface area contributed by atoms with E-state index in [1.165, 1.54) is 6.07 Å². The van der Waals surface area contributed by atoms with Crippen LogP contribution < -0.4 is 5.32 Å². The van der Waals surface area contributed by atoms with Gasteiger partial charge in [-0.15, -0.1) is 16.9 Å². The number of carbonyl (C=O) groups is 1. The van der Waals surface area contributed by atoms with Gasteiger partial charge in [-0.3, -0.25) is 19.4 Å². The van der Waals surface area contributed by atoms with Crippen LogP contribution in [0.3, 0.4) is 0 Å². The molecule has 0 atom stereocenters. The summed E-state index contributed by atoms with van der Waals surface area (Å²) < 4.78 is 40.6. The Morgan fingerprint density at radius 3 is 2.79 bits per heavy atom. The molecule has 1 N–H and O–H groups in total. The molecule has 0 radical (unpaired) electrons. The van der Waals surface area contributed by atoms with E-state index < -0.39 is 11.7 Å². The number of halogens is 3. The Labute approximate surface area is 200 Å². The van der Waals surface area contributed by atoms with E-state index in [1.54, 1.807) is 18.0 Å². The molecule has 11 heteroatoms. The number of carbonyl (C=O) groups excluding carboxylic acids is 1. The summed E-state index contributed by atoms with van der Waals surface area (Å²) in [5, 5.41) is 12.0. The minimum Gasteiger partial charge on any atom is -0.354 e. The Morgan fingerprint density at radius 2 is 1.97 bits per heavy atom. The van der Waals surface area contributed by atoms with E-state index in [4.69, 9.17) is 0 Å². The van der Waals surface area contributed by atoms with Gasteiger partial charge in [0, 0.05) is 48.9 Å². The van der Waals surface area contributed by atoms with E-state index in [0.29, 0.717) is 25.2 Å². The third-order valence-corrected chi connectivity index (χ3v) is 6.82. The summed E-state index contributed by atoms with van der Waals surface area (Å²) in [5.74, 6) is 0.946. The number of thioether (sulfide) groups is 1. The number of rotatable bonds is 10. The Morgan fingerprint density at radius 1 is 1.12 bits per heavy atom. The molecule has 3 aromatic rings. The third kappa shape index (κ3) is 6.69. The number of alkyl halides is 3. The highest BCUT2D eigenvalue weighted by Crippen LogP contribution is 2.34. The maximum atomic E-state index is 12.9. The molecule has 7 nitrogen and oxygen atoms in total. The van der Waals surface area contributed by atoms with Gasteiger partial charge in [0.2, 0.25) is 5.91 Å². The second-order valence-corrected chi connectivity index (χ2v) is 9.47. The van der Waals surface area contributed by atoms with Crippen molar-refractivity contribution in [1.29, 1.82) is 0 Å². The first kappa shape index (κ1) is 24.5. The van der Waals surface area contributed by atoms with Crippen molar-refractivity contribution in [1.82, 2.24) is 30.2 Å². The highest BCUT2D eigenvalue weighted by atomic mass is 32.2. The number of fused-ring (bicyclic) bond motifs is 1. The van der Waals surface area contributed by atoms with Gasteiger partial charge in [-0.25, -0.2) is 0 Å². The van der Waals surface area contributed by atoms with Crippen molar-refractivity contribution in [2.75, 3.05) is 25.4 Å². The van der Waals surface area contributed by atoms with Gasteiger partial charge in [0.05, 0.1) is 23.3 Å². The van der Waals surface area contributed by atoms with Gasteiger partial charge in [0.15, 0.2) is 0 Å². The highest BCUT2D eigenvalue weighted by molar-refractivity contribution is 7.99. The predicted octanol–water partition coefficient (Wildman–Crippen LogP) is 4.13. The molecule has 182 valence electrons. The topological polar surface area (TPSA) is 75.9 Å². The molecule has 1 amide bonds. The van der Waals surface area contributed by atoms with Crippen molar-refractivity contribution in [3.63, 3.8) is 0 Å². The van der Waals surface area contributed by atoms with Crippen molar-refractivity contribution < 1.29 is 18.0 Å². The zero-order valence-electron chi connectivity index (χ0n) is 18.7. The Bertz CT molecular complexity index is 1120. The van der Waals surface area contributed by atoms with Crippen molar-refractivity contribution in [2.24, 2.45) is 0 Å². The van der Waals surface area contributed by atoms with Gasteiger partial charge >= 0.3 is 6.18 Å². The van der Waals surface area contributed by atoms with E-state index in [-0.39, 0.29) is 5.91 Å². The van der Waals surface area contributed by atoms with Gasteiger partial charge < -0.3 is 5.32 Å². The van der Waals surface area contributed by atoms with Crippen LogP contribution in [-0.4, -0.2) is 56.2 Å². The molecule has 1 aliphatic heterocycles. The lowest BCUT2D eigenvalue weighted by atomic mass is 10.1. The van der Waals surface area contributed by atoms with Crippen LogP contribution in [0.25, 0.3) is 10.9 Å². The third-order valence-electron chi connectivity index (χ3n) is 5.66. The summed E-state index contributed by atoms with van der Waals surface area (Å²) in [6, 6.07) is 5.60. The molecule has 0 unspecified atom stereocenters. The number of pyridine rings is 1. The number of nitrogens with one attached hydrogen (secondary N) is 1. The van der Waals surface area contributed by atoms with Crippen LogP contribution in [-0.2, 0) is 24.1 Å². The standard InChI is InChI=1S/C23H27F3N6OS/c24-23(25,26)17-5-6-19-20(13-17)27-8-7-21(19)34-12-4-2-1-3-10-32-15-18(29-30-32)14-31-11-9-28-22(33)16-31/h5-8,13,15H,1-4,9-12,14,16H2,(H,28,33). The molecule has 1 fully saturated rings. The smallest absolute Gasteiger partial charge is 0.354 e. The van der Waals surface area contributed by atoms with Gasteiger partial charge in [-0.05, 0) is 36.8 Å². The SMILES string of the molecule is O=C1CN(Cc2cn(CCCCCCSc3ccnc4cc(C(F)(F)F)ccc34)nn2)CCN1. The highest BCUT2D eigenvalue weighted by Gasteiger charge is 2.30. The Balaban J connectivity index is 1.15. The van der Waals surface area contributed by atoms with E-state index >= 15 is 0 Å². The Hall–Kier alpha value is -2.66. The molecule has 0 spiro atoms. The number of aromatic nitrogens is 4. The molecule has 3 heterocycles. The largest absolute Gasteiger partial charge is 0.416 e. The first-order chi connectivity index (χ1) is 16.4. The number of amides is 1. The minimum atomic E-state index is -4.36. The second-order valence-electron chi connectivity index (χ2n) is 8.34. The second kappa shape index (κ2) is 11.2. The molecule has 0 saturated carbocycles. The lowest BCUT2D eigenvalue weighted by molar-refractivity contribution is -0.137. The first-order valence-corrected chi connectivity index (χ1v) is 12.3. The van der Waals surface area contributed by atoms with Gasteiger partial charge in [0.1, 0.15) is 0 Å². The molecule has 4 rings (SSSR count). The summed E-state index contributed by atoms with van der Waals surface area (Å²) >= 11 is 1.66. The van der Waals surface area contributed by atoms with Gasteiger partial charge in [0.25, 0.3) is 0 Å². The van der Waals surface area contributed by atoms with Gasteiger partial charge in [-0.2, -0.15) is 13.2 Å². The number of piperazine rings is 1. The quantitative estimate of drug-likeness (QED) is 0.339. The normalized spacial score (nSPS) is 15.1. The summed E-state index contributed by atoms with van der Waals surface area (Å²) in [6.07, 6.45) is 3.30. The molecular weight excluding hydrogens is 465 g/mol. The summed E-state index contributed by atoms with van der Waals surface area (Å²) in [6.45, 7) is 3.32. The monoisotopic (exact) mass is 492 g/mol. The van der Waals surface area contributed by atoms with E-state index in [9.17, 15) is 18.0 Å². The molecule has 0 bridgehead atoms. The van der Waals surface area contributed by atoms with Crippen LogP contribution in [0.2, 0.25) is 0 Å². The van der Waals surface area contributed by atoms with Crippen molar-refractivity contribution in [2.45, 2.75) is 49.8 Å². The molecule has 1 saturated heterocycles. The number of hydrogen-bond acceptors (Lipinski definition) is 6. The molecular formula is C23H27F3N6OS. The molecule has 34 heavy (non-hydrogen) atoms. The number of nitrogens with zero attached hydrogens (tertiary/aromatic N) is 5. The van der Waals surface area contributed by atoms with Crippen LogP contribution in [0.5, 0.6) is 0 Å². The average Bonchev–Trinajstić information content (AvgIpc) is 3.24. The first-order valence-electron chi connectivity index (χ1n) is 11.4. The minimum absolute atomic E-state index is 0.0458. The van der Waals surface area contributed by atoms with Crippen molar-refractivity contribution in [3.05, 3.63) is 47.9 Å². The van der Waals surface area contributed by atoms with E-state index in [1.807, 2.05) is 16.9 Å². The lowest BCUT2D eigenvalue weighted by Gasteiger charge is -2.25. The van der Waals surface area contributed by atoms with Crippen LogP contribution in [0.4, 0.5) is 13.2 Å². The fourth-order valence-electron chi connectivity index (χ4n) is 3.91. The van der Waals surface area contributed by atoms with Crippen LogP contribution in [0.15, 0.2) is 41.6 Å². The van der Waals surface area contributed by atoms with Crippen molar-refractivity contribution >= 4 is 28.6 Å². The van der Waals surface area contributed by atoms with E-state index in [2.05, 4.69) is 25.5 Å². The fraction of sp³-hybridized carbons (Fsp3) is 0.478. The number of unbranched alkanes of at least 4 members (excludes halogenated alkanes) is 3. The van der Waals surface area contributed by atoms with Crippen LogP contribution in [0, 0.1) is 0 Å². The molecule has 0 aliphatic carbocycles. The summed E-state index contributed by atoms with van der Waals surface area (Å²) in [7, 11) is 0. The number of aryl methyl sites for hydroxylation is 1. The Kier molecular flexibility index (Phi) is 8.04. The maximum absolute atomic E-state index is 12.9. The molecule has 1 aliphatic rings. The van der Waals surface area contributed by atoms with Crippen molar-refractivity contribution in [3.8, 4) is 0 Å². The average molecular weight is 493 g/mol. The predicted molar refractivity (Wildman–Crippen MR) is 124 cm³/mol. The number of hydrogen-bond donors (Lipinski definition) is 1. The number of benzene rings is 1. The van der Waals surface area contributed by atoms with E-state index in [0.717, 1.165) is 72.6 Å². The van der Waals surface area contributed by atoms with Crippen LogP contribution in [0.1, 0.15) is 36.9 Å². The van der Waals surface area contributed by atoms with Gasteiger partial charge in [-0.1, -0.05) is 24.1 Å². The van der Waals surface area contributed by atoms with Crippen LogP contribution >= 0.6 is 11.8 Å². The summed E-state index contributed by atoms with van der Waals surface area (Å²) in [5.41, 5.74) is 0.571. The molecule has 2 aromatic heterocycles. The zero-order chi connectivity index (χ0) is 24.0.